The summed E-state index contributed by atoms with van der Waals surface area (Å²) in [5.41, 5.74) is -2.10. The van der Waals surface area contributed by atoms with E-state index in [1.165, 1.54) is 0 Å². The lowest BCUT2D eigenvalue weighted by molar-refractivity contribution is -0.241. The Morgan fingerprint density at radius 2 is 1.85 bits per heavy atom. The van der Waals surface area contributed by atoms with Gasteiger partial charge in [0.1, 0.15) is 11.4 Å². The van der Waals surface area contributed by atoms with Crippen LogP contribution in [0.25, 0.3) is 0 Å². The molecule has 13 heavy (non-hydrogen) atoms. The normalized spacial score (nSPS) is 25.8. The van der Waals surface area contributed by atoms with E-state index in [0.717, 1.165) is 0 Å². The van der Waals surface area contributed by atoms with Crippen molar-refractivity contribution >= 4 is 11.7 Å². The molecule has 1 aliphatic heterocycles. The van der Waals surface area contributed by atoms with Crippen LogP contribution in [0.15, 0.2) is 4.99 Å². The summed E-state index contributed by atoms with van der Waals surface area (Å²) in [6, 6.07) is 0. The summed E-state index contributed by atoms with van der Waals surface area (Å²) in [5.74, 6) is -1.13. The van der Waals surface area contributed by atoms with Crippen LogP contribution in [0.1, 0.15) is 27.7 Å². The van der Waals surface area contributed by atoms with Gasteiger partial charge in [0.05, 0.1) is 5.54 Å². The minimum absolute atomic E-state index is 0.0764. The second kappa shape index (κ2) is 2.52. The van der Waals surface area contributed by atoms with Gasteiger partial charge in [-0.15, -0.1) is 10.3 Å². The molecule has 0 atom stereocenters. The van der Waals surface area contributed by atoms with E-state index in [1.807, 2.05) is 0 Å². The fourth-order valence-corrected chi connectivity index (χ4v) is 1.55. The molecular weight excluding hydrogens is 172 g/mol. The molecule has 0 saturated heterocycles. The van der Waals surface area contributed by atoms with E-state index in [2.05, 4.69) is 4.99 Å². The molecule has 0 unspecified atom stereocenters. The number of aliphatic carboxylic acids is 1. The first-order valence-corrected chi connectivity index (χ1v) is 4.00. The Kier molecular flexibility index (Phi) is 1.97. The molecule has 0 aromatic rings. The molecule has 1 radical (unpaired) electrons. The maximum Gasteiger partial charge on any atom is 0.351 e. The largest absolute Gasteiger partial charge is 0.477 e. The molecule has 0 aromatic carbocycles. The second-order valence-corrected chi connectivity index (χ2v) is 4.11. The van der Waals surface area contributed by atoms with Gasteiger partial charge in [-0.3, -0.25) is 4.99 Å². The molecule has 5 heteroatoms. The number of nitrogens with zero attached hydrogens (tertiary/aromatic N) is 2. The lowest BCUT2D eigenvalue weighted by atomic mass is 9.99. The minimum atomic E-state index is -1.13. The molecule has 0 aromatic heterocycles. The Hall–Kier alpha value is -0.940. The van der Waals surface area contributed by atoms with Crippen molar-refractivity contribution in [1.29, 1.82) is 0 Å². The summed E-state index contributed by atoms with van der Waals surface area (Å²) in [6.07, 6.45) is 0. The Balaban J connectivity index is 3.17. The number of hydroxylamine groups is 2. The zero-order valence-corrected chi connectivity index (χ0v) is 8.16. The molecule has 0 spiro atoms. The quantitative estimate of drug-likeness (QED) is 0.653. The second-order valence-electron chi connectivity index (χ2n) is 4.11. The maximum atomic E-state index is 11.6. The van der Waals surface area contributed by atoms with Crippen LogP contribution >= 0.6 is 0 Å². The Morgan fingerprint density at radius 1 is 1.38 bits per heavy atom. The number of rotatable bonds is 1. The summed E-state index contributed by atoms with van der Waals surface area (Å²) in [6.45, 7) is 6.30. The number of hydrogen-bond acceptors (Lipinski definition) is 3. The van der Waals surface area contributed by atoms with Crippen LogP contribution in [0.3, 0.4) is 0 Å². The Morgan fingerprint density at radius 3 is 2.00 bits per heavy atom. The molecule has 0 bridgehead atoms. The summed E-state index contributed by atoms with van der Waals surface area (Å²) < 4.78 is 0. The van der Waals surface area contributed by atoms with Crippen molar-refractivity contribution in [3.8, 4) is 0 Å². The molecule has 0 aliphatic carbocycles. The van der Waals surface area contributed by atoms with Gasteiger partial charge in [0.15, 0.2) is 0 Å². The van der Waals surface area contributed by atoms with Crippen molar-refractivity contribution in [1.82, 2.24) is 5.06 Å². The van der Waals surface area contributed by atoms with Crippen molar-refractivity contribution < 1.29 is 15.1 Å². The van der Waals surface area contributed by atoms with Gasteiger partial charge in [0.2, 0.25) is 0 Å². The molecule has 73 valence electrons. The van der Waals surface area contributed by atoms with E-state index in [9.17, 15) is 10.0 Å². The lowest BCUT2D eigenvalue weighted by Gasteiger charge is -2.30. The summed E-state index contributed by atoms with van der Waals surface area (Å²) in [5, 5.41) is 21.1. The first kappa shape index (κ1) is 10.1. The van der Waals surface area contributed by atoms with Crippen molar-refractivity contribution in [2.75, 3.05) is 0 Å². The van der Waals surface area contributed by atoms with Crippen molar-refractivity contribution in [3.05, 3.63) is 0 Å². The average Bonchev–Trinajstić information content (AvgIpc) is 2.11. The topological polar surface area (TPSA) is 72.8 Å². The van der Waals surface area contributed by atoms with Crippen molar-refractivity contribution in [3.63, 3.8) is 0 Å². The summed E-state index contributed by atoms with van der Waals surface area (Å²) in [4.78, 5) is 14.6. The van der Waals surface area contributed by atoms with Crippen LogP contribution in [-0.2, 0) is 10.0 Å². The van der Waals surface area contributed by atoms with E-state index in [0.29, 0.717) is 5.06 Å². The van der Waals surface area contributed by atoms with Gasteiger partial charge in [-0.2, -0.15) is 0 Å². The monoisotopic (exact) mass is 185 g/mol. The van der Waals surface area contributed by atoms with Gasteiger partial charge < -0.3 is 5.11 Å². The number of carbonyl (C=O) groups is 1. The predicted molar refractivity (Wildman–Crippen MR) is 45.8 cm³/mol. The van der Waals surface area contributed by atoms with Crippen molar-refractivity contribution in [2.24, 2.45) is 4.99 Å². The standard InChI is InChI=1S/C8H13N2O3/c1-7(2)5(6(11)12)9-8(3,4)10(7)13/h1-4H3,(H,11,12). The van der Waals surface area contributed by atoms with Crippen LogP contribution in [0.4, 0.5) is 0 Å². The predicted octanol–water partition coefficient (Wildman–Crippen LogP) is 0.688. The molecule has 1 aliphatic rings. The van der Waals surface area contributed by atoms with Crippen LogP contribution in [-0.4, -0.2) is 33.1 Å². The van der Waals surface area contributed by atoms with Gasteiger partial charge in [-0.05, 0) is 27.7 Å². The summed E-state index contributed by atoms with van der Waals surface area (Å²) in [7, 11) is 0. The SMILES string of the molecule is CC1(C)N=C(C(=O)O)C(C)(C)N1[O]. The van der Waals surface area contributed by atoms with E-state index in [1.54, 1.807) is 27.7 Å². The van der Waals surface area contributed by atoms with E-state index in [4.69, 9.17) is 5.11 Å². The highest BCUT2D eigenvalue weighted by Gasteiger charge is 2.50. The fraction of sp³-hybridized carbons (Fsp3) is 0.750. The van der Waals surface area contributed by atoms with Gasteiger partial charge in [0, 0.05) is 0 Å². The average molecular weight is 185 g/mol. The van der Waals surface area contributed by atoms with Crippen LogP contribution in [0.5, 0.6) is 0 Å². The minimum Gasteiger partial charge on any atom is -0.477 e. The zero-order valence-electron chi connectivity index (χ0n) is 8.16. The first-order chi connectivity index (χ1) is 5.69. The lowest BCUT2D eigenvalue weighted by Crippen LogP contribution is -2.50. The Bertz CT molecular complexity index is 281. The molecule has 5 nitrogen and oxygen atoms in total. The highest BCUT2D eigenvalue weighted by atomic mass is 16.5. The number of carboxylic acids is 1. The van der Waals surface area contributed by atoms with Gasteiger partial charge in [-0.1, -0.05) is 0 Å². The summed E-state index contributed by atoms with van der Waals surface area (Å²) >= 11 is 0. The highest BCUT2D eigenvalue weighted by Crippen LogP contribution is 2.33. The van der Waals surface area contributed by atoms with Gasteiger partial charge in [-0.25, -0.2) is 4.79 Å². The number of hydrogen-bond donors (Lipinski definition) is 1. The van der Waals surface area contributed by atoms with Crippen LogP contribution in [0.2, 0.25) is 0 Å². The first-order valence-electron chi connectivity index (χ1n) is 4.00. The van der Waals surface area contributed by atoms with Crippen LogP contribution in [0, 0.1) is 0 Å². The van der Waals surface area contributed by atoms with E-state index < -0.39 is 17.2 Å². The van der Waals surface area contributed by atoms with E-state index >= 15 is 0 Å². The molecule has 0 amide bonds. The molecular formula is C8H13N2O3. The van der Waals surface area contributed by atoms with Crippen molar-refractivity contribution in [2.45, 2.75) is 38.9 Å². The molecule has 1 rings (SSSR count). The third-order valence-electron chi connectivity index (χ3n) is 2.17. The van der Waals surface area contributed by atoms with Gasteiger partial charge in [0.25, 0.3) is 0 Å². The van der Waals surface area contributed by atoms with Crippen LogP contribution < -0.4 is 0 Å². The number of carboxylic acid groups (broad SMARTS) is 1. The fourth-order valence-electron chi connectivity index (χ4n) is 1.55. The molecule has 0 fully saturated rings. The maximum absolute atomic E-state index is 11.6. The number of aliphatic imine (C=N–C) groups is 1. The smallest absolute Gasteiger partial charge is 0.351 e. The zero-order chi connectivity index (χ0) is 10.4. The Labute approximate surface area is 76.6 Å². The third kappa shape index (κ3) is 1.34. The van der Waals surface area contributed by atoms with Gasteiger partial charge >= 0.3 is 5.97 Å². The third-order valence-corrected chi connectivity index (χ3v) is 2.17. The molecule has 1 heterocycles. The molecule has 1 N–H and O–H groups in total. The molecule has 0 saturated carbocycles. The highest BCUT2D eigenvalue weighted by molar-refractivity contribution is 6.39. The van der Waals surface area contributed by atoms with E-state index in [-0.39, 0.29) is 5.71 Å².